The first kappa shape index (κ1) is 17.3. The van der Waals surface area contributed by atoms with Crippen LogP contribution < -0.4 is 5.32 Å². The van der Waals surface area contributed by atoms with Gasteiger partial charge in [-0.1, -0.05) is 37.1 Å². The van der Waals surface area contributed by atoms with Crippen LogP contribution in [0.3, 0.4) is 0 Å². The molecule has 1 N–H and O–H groups in total. The molecule has 0 aliphatic heterocycles. The lowest BCUT2D eigenvalue weighted by atomic mass is 10.2. The first-order chi connectivity index (χ1) is 11.1. The fraction of sp³-hybridized carbons (Fsp3) is 0.222. The summed E-state index contributed by atoms with van der Waals surface area (Å²) in [6.07, 6.45) is 4.74. The number of nitrogens with zero attached hydrogens (tertiary/aromatic N) is 1. The van der Waals surface area contributed by atoms with Gasteiger partial charge in [-0.05, 0) is 42.3 Å². The van der Waals surface area contributed by atoms with Gasteiger partial charge < -0.3 is 5.32 Å². The molecule has 0 radical (unpaired) electrons. The number of nitriles is 1. The molecule has 0 fully saturated rings. The van der Waals surface area contributed by atoms with Gasteiger partial charge in [-0.15, -0.1) is 11.3 Å². The Kier molecular flexibility index (Phi) is 6.40. The molecule has 118 valence electrons. The van der Waals surface area contributed by atoms with E-state index in [-0.39, 0.29) is 5.91 Å². The van der Waals surface area contributed by atoms with Gasteiger partial charge in [0, 0.05) is 20.9 Å². The number of halogens is 1. The second-order valence-corrected chi connectivity index (χ2v) is 6.58. The summed E-state index contributed by atoms with van der Waals surface area (Å²) in [7, 11) is 0. The SMILES string of the molecule is CCCC(C#N)NC(=O)/C=C/c1ccc(-c2cccc(Cl)c2)s1. The van der Waals surface area contributed by atoms with E-state index in [9.17, 15) is 4.79 Å². The quantitative estimate of drug-likeness (QED) is 0.758. The van der Waals surface area contributed by atoms with Crippen molar-refractivity contribution >= 4 is 34.9 Å². The van der Waals surface area contributed by atoms with Crippen LogP contribution in [0.15, 0.2) is 42.5 Å². The third-order valence-electron chi connectivity index (χ3n) is 3.18. The largest absolute Gasteiger partial charge is 0.337 e. The van der Waals surface area contributed by atoms with Gasteiger partial charge in [-0.2, -0.15) is 5.26 Å². The van der Waals surface area contributed by atoms with E-state index in [0.717, 1.165) is 21.7 Å². The topological polar surface area (TPSA) is 52.9 Å². The van der Waals surface area contributed by atoms with E-state index in [4.69, 9.17) is 16.9 Å². The lowest BCUT2D eigenvalue weighted by Crippen LogP contribution is -2.32. The molecule has 5 heteroatoms. The number of amides is 1. The van der Waals surface area contributed by atoms with Gasteiger partial charge >= 0.3 is 0 Å². The van der Waals surface area contributed by atoms with Crippen molar-refractivity contribution in [2.24, 2.45) is 0 Å². The van der Waals surface area contributed by atoms with Gasteiger partial charge in [0.2, 0.25) is 5.91 Å². The summed E-state index contributed by atoms with van der Waals surface area (Å²) in [4.78, 5) is 13.9. The van der Waals surface area contributed by atoms with Gasteiger partial charge in [-0.3, -0.25) is 4.79 Å². The molecule has 0 saturated heterocycles. The summed E-state index contributed by atoms with van der Waals surface area (Å²) in [6.45, 7) is 1.98. The van der Waals surface area contributed by atoms with Crippen molar-refractivity contribution in [2.75, 3.05) is 0 Å². The predicted molar refractivity (Wildman–Crippen MR) is 96.3 cm³/mol. The van der Waals surface area contributed by atoms with Gasteiger partial charge in [0.05, 0.1) is 6.07 Å². The van der Waals surface area contributed by atoms with Crippen molar-refractivity contribution in [3.05, 3.63) is 52.4 Å². The molecular weight excluding hydrogens is 328 g/mol. The van der Waals surface area contributed by atoms with Crippen LogP contribution in [-0.2, 0) is 4.79 Å². The Bertz CT molecular complexity index is 745. The van der Waals surface area contributed by atoms with Gasteiger partial charge in [0.1, 0.15) is 6.04 Å². The molecule has 23 heavy (non-hydrogen) atoms. The minimum Gasteiger partial charge on any atom is -0.337 e. The van der Waals surface area contributed by atoms with Crippen LogP contribution in [0.4, 0.5) is 0 Å². The molecule has 2 aromatic rings. The van der Waals surface area contributed by atoms with E-state index in [2.05, 4.69) is 11.4 Å². The standard InChI is InChI=1S/C18H17ClN2OS/c1-2-4-15(12-20)21-18(22)10-8-16-7-9-17(23-16)13-5-3-6-14(19)11-13/h3,5-11,15H,2,4H2,1H3,(H,21,22)/b10-8+. The van der Waals surface area contributed by atoms with E-state index in [1.54, 1.807) is 17.4 Å². The Balaban J connectivity index is 2.01. The fourth-order valence-corrected chi connectivity index (χ4v) is 3.17. The third-order valence-corrected chi connectivity index (χ3v) is 4.52. The number of thiophene rings is 1. The molecule has 1 heterocycles. The molecular formula is C18H17ClN2OS. The highest BCUT2D eigenvalue weighted by atomic mass is 35.5. The molecule has 1 aromatic carbocycles. The van der Waals surface area contributed by atoms with Gasteiger partial charge in [-0.25, -0.2) is 0 Å². The molecule has 0 spiro atoms. The number of carbonyl (C=O) groups excluding carboxylic acids is 1. The summed E-state index contributed by atoms with van der Waals surface area (Å²) in [6, 6.07) is 13.3. The number of benzene rings is 1. The van der Waals surface area contributed by atoms with Crippen LogP contribution in [0.2, 0.25) is 5.02 Å². The highest BCUT2D eigenvalue weighted by Crippen LogP contribution is 2.30. The maximum absolute atomic E-state index is 11.8. The van der Waals surface area contributed by atoms with Gasteiger partial charge in [0.15, 0.2) is 0 Å². The van der Waals surface area contributed by atoms with Gasteiger partial charge in [0.25, 0.3) is 0 Å². The van der Waals surface area contributed by atoms with E-state index in [1.165, 1.54) is 6.08 Å². The summed E-state index contributed by atoms with van der Waals surface area (Å²) < 4.78 is 0. The zero-order valence-corrected chi connectivity index (χ0v) is 14.3. The molecule has 0 aliphatic rings. The number of nitrogens with one attached hydrogen (secondary N) is 1. The molecule has 0 bridgehead atoms. The lowest BCUT2D eigenvalue weighted by molar-refractivity contribution is -0.116. The van der Waals surface area contributed by atoms with Crippen LogP contribution in [0.25, 0.3) is 16.5 Å². The van der Waals surface area contributed by atoms with Crippen LogP contribution in [0, 0.1) is 11.3 Å². The summed E-state index contributed by atoms with van der Waals surface area (Å²) in [5.41, 5.74) is 1.05. The second kappa shape index (κ2) is 8.52. The molecule has 1 unspecified atom stereocenters. The fourth-order valence-electron chi connectivity index (χ4n) is 2.07. The Morgan fingerprint density at radius 1 is 1.43 bits per heavy atom. The minimum atomic E-state index is -0.428. The first-order valence-corrected chi connectivity index (χ1v) is 8.55. The zero-order valence-electron chi connectivity index (χ0n) is 12.8. The Morgan fingerprint density at radius 3 is 2.96 bits per heavy atom. The highest BCUT2D eigenvalue weighted by molar-refractivity contribution is 7.16. The number of rotatable bonds is 6. The Labute approximate surface area is 145 Å². The van der Waals surface area contributed by atoms with Crippen LogP contribution >= 0.6 is 22.9 Å². The molecule has 1 atom stereocenters. The van der Waals surface area contributed by atoms with Crippen LogP contribution in [0.1, 0.15) is 24.6 Å². The van der Waals surface area contributed by atoms with E-state index >= 15 is 0 Å². The summed E-state index contributed by atoms with van der Waals surface area (Å²) >= 11 is 7.58. The van der Waals surface area contributed by atoms with E-state index in [1.807, 2.05) is 43.3 Å². The smallest absolute Gasteiger partial charge is 0.245 e. The monoisotopic (exact) mass is 344 g/mol. The number of hydrogen-bond acceptors (Lipinski definition) is 3. The van der Waals surface area contributed by atoms with Crippen LogP contribution in [0.5, 0.6) is 0 Å². The summed E-state index contributed by atoms with van der Waals surface area (Å²) in [5, 5.41) is 12.3. The second-order valence-electron chi connectivity index (χ2n) is 5.02. The van der Waals surface area contributed by atoms with Crippen molar-refractivity contribution in [3.63, 3.8) is 0 Å². The highest BCUT2D eigenvalue weighted by Gasteiger charge is 2.08. The Morgan fingerprint density at radius 2 is 2.26 bits per heavy atom. The molecule has 0 aliphatic carbocycles. The predicted octanol–water partition coefficient (Wildman–Crippen LogP) is 4.89. The molecule has 3 nitrogen and oxygen atoms in total. The lowest BCUT2D eigenvalue weighted by Gasteiger charge is -2.07. The normalized spacial score (nSPS) is 12.0. The van der Waals surface area contributed by atoms with Crippen molar-refractivity contribution in [1.82, 2.24) is 5.32 Å². The minimum absolute atomic E-state index is 0.247. The maximum atomic E-state index is 11.8. The average Bonchev–Trinajstić information content (AvgIpc) is 3.01. The summed E-state index contributed by atoms with van der Waals surface area (Å²) in [5.74, 6) is -0.247. The van der Waals surface area contributed by atoms with E-state index in [0.29, 0.717) is 11.4 Å². The molecule has 1 amide bonds. The molecule has 0 saturated carbocycles. The molecule has 2 rings (SSSR count). The van der Waals surface area contributed by atoms with Crippen molar-refractivity contribution in [2.45, 2.75) is 25.8 Å². The van der Waals surface area contributed by atoms with Crippen molar-refractivity contribution in [1.29, 1.82) is 5.26 Å². The van der Waals surface area contributed by atoms with E-state index < -0.39 is 6.04 Å². The average molecular weight is 345 g/mol. The Hall–Kier alpha value is -2.09. The zero-order chi connectivity index (χ0) is 16.7. The van der Waals surface area contributed by atoms with Crippen molar-refractivity contribution in [3.8, 4) is 16.5 Å². The first-order valence-electron chi connectivity index (χ1n) is 7.36. The number of carbonyl (C=O) groups is 1. The third kappa shape index (κ3) is 5.24. The maximum Gasteiger partial charge on any atom is 0.245 e. The van der Waals surface area contributed by atoms with Crippen molar-refractivity contribution < 1.29 is 4.79 Å². The number of hydrogen-bond donors (Lipinski definition) is 1. The van der Waals surface area contributed by atoms with Crippen LogP contribution in [-0.4, -0.2) is 11.9 Å². The molecule has 1 aromatic heterocycles.